The number of nitrogens with zero attached hydrogens (tertiary/aromatic N) is 1. The van der Waals surface area contributed by atoms with Crippen molar-refractivity contribution in [2.75, 3.05) is 20.8 Å². The van der Waals surface area contributed by atoms with E-state index in [-0.39, 0.29) is 6.61 Å². The minimum atomic E-state index is 0.204. The number of rotatable bonds is 6. The van der Waals surface area contributed by atoms with E-state index in [4.69, 9.17) is 20.6 Å². The van der Waals surface area contributed by atoms with Gasteiger partial charge in [-0.25, -0.2) is 0 Å². The molecule has 22 heavy (non-hydrogen) atoms. The fourth-order valence-electron chi connectivity index (χ4n) is 1.82. The molecule has 0 saturated carbocycles. The largest absolute Gasteiger partial charge is 0.497 e. The number of aliphatic imine (C=N–C) groups is 1. The highest BCUT2D eigenvalue weighted by Crippen LogP contribution is 2.27. The van der Waals surface area contributed by atoms with Crippen LogP contribution in [0.1, 0.15) is 5.56 Å². The predicted molar refractivity (Wildman–Crippen MR) is 87.6 cm³/mol. The molecular formula is C18H17NO3. The standard InChI is InChI=1S/C18H17NO3/c1-4-11-22-17-10-5-14(12-18(17)21-3)13-19-15-6-8-16(20-2)9-7-15/h1,5-10,12-13H,11H2,2-3H3. The second-order valence-corrected chi connectivity index (χ2v) is 4.36. The molecule has 0 N–H and O–H groups in total. The van der Waals surface area contributed by atoms with Crippen LogP contribution in [0.15, 0.2) is 47.5 Å². The minimum absolute atomic E-state index is 0.204. The predicted octanol–water partition coefficient (Wildman–Crippen LogP) is 3.47. The zero-order chi connectivity index (χ0) is 15.8. The average Bonchev–Trinajstić information content (AvgIpc) is 2.58. The molecule has 2 aromatic carbocycles. The fraction of sp³-hybridized carbons (Fsp3) is 0.167. The van der Waals surface area contributed by atoms with Crippen LogP contribution in [0.2, 0.25) is 0 Å². The highest BCUT2D eigenvalue weighted by molar-refractivity contribution is 5.83. The molecule has 0 radical (unpaired) electrons. The van der Waals surface area contributed by atoms with Crippen molar-refractivity contribution in [2.24, 2.45) is 4.99 Å². The van der Waals surface area contributed by atoms with Gasteiger partial charge in [0.15, 0.2) is 11.5 Å². The van der Waals surface area contributed by atoms with Gasteiger partial charge in [-0.15, -0.1) is 6.42 Å². The van der Waals surface area contributed by atoms with E-state index in [1.165, 1.54) is 0 Å². The van der Waals surface area contributed by atoms with Gasteiger partial charge in [0.1, 0.15) is 12.4 Å². The molecule has 0 aliphatic carbocycles. The van der Waals surface area contributed by atoms with Crippen LogP contribution in [0.5, 0.6) is 17.2 Å². The highest BCUT2D eigenvalue weighted by atomic mass is 16.5. The third kappa shape index (κ3) is 4.03. The Kier molecular flexibility index (Phi) is 5.44. The lowest BCUT2D eigenvalue weighted by molar-refractivity contribution is 0.331. The minimum Gasteiger partial charge on any atom is -0.497 e. The van der Waals surface area contributed by atoms with Crippen LogP contribution < -0.4 is 14.2 Å². The normalized spacial score (nSPS) is 10.2. The highest BCUT2D eigenvalue weighted by Gasteiger charge is 2.04. The second kappa shape index (κ2) is 7.75. The summed E-state index contributed by atoms with van der Waals surface area (Å²) in [5.41, 5.74) is 1.74. The van der Waals surface area contributed by atoms with E-state index in [2.05, 4.69) is 10.9 Å². The quantitative estimate of drug-likeness (QED) is 0.605. The van der Waals surface area contributed by atoms with E-state index >= 15 is 0 Å². The monoisotopic (exact) mass is 295 g/mol. The van der Waals surface area contributed by atoms with Gasteiger partial charge in [0, 0.05) is 6.21 Å². The van der Waals surface area contributed by atoms with Gasteiger partial charge >= 0.3 is 0 Å². The molecule has 0 spiro atoms. The molecule has 0 saturated heterocycles. The van der Waals surface area contributed by atoms with Crippen molar-refractivity contribution in [3.63, 3.8) is 0 Å². The van der Waals surface area contributed by atoms with Crippen LogP contribution in [0.3, 0.4) is 0 Å². The molecule has 2 aromatic rings. The van der Waals surface area contributed by atoms with Crippen molar-refractivity contribution in [2.45, 2.75) is 0 Å². The van der Waals surface area contributed by atoms with Crippen molar-refractivity contribution < 1.29 is 14.2 Å². The maximum atomic E-state index is 5.40. The molecule has 0 bridgehead atoms. The molecule has 0 heterocycles. The van der Waals surface area contributed by atoms with E-state index in [0.717, 1.165) is 17.0 Å². The van der Waals surface area contributed by atoms with Gasteiger partial charge in [0.2, 0.25) is 0 Å². The lowest BCUT2D eigenvalue weighted by Gasteiger charge is -2.09. The van der Waals surface area contributed by atoms with Crippen LogP contribution >= 0.6 is 0 Å². The fourth-order valence-corrected chi connectivity index (χ4v) is 1.82. The van der Waals surface area contributed by atoms with Gasteiger partial charge < -0.3 is 14.2 Å². The van der Waals surface area contributed by atoms with Crippen molar-refractivity contribution in [3.8, 4) is 29.6 Å². The number of terminal acetylenes is 1. The second-order valence-electron chi connectivity index (χ2n) is 4.36. The van der Waals surface area contributed by atoms with Crippen LogP contribution in [0.4, 0.5) is 5.69 Å². The number of hydrogen-bond donors (Lipinski definition) is 0. The SMILES string of the molecule is C#CCOc1ccc(C=Nc2ccc(OC)cc2)cc1OC. The molecular weight excluding hydrogens is 278 g/mol. The van der Waals surface area contributed by atoms with Crippen molar-refractivity contribution in [3.05, 3.63) is 48.0 Å². The van der Waals surface area contributed by atoms with Crippen molar-refractivity contribution in [1.82, 2.24) is 0 Å². The first-order valence-corrected chi connectivity index (χ1v) is 6.69. The number of methoxy groups -OCH3 is 2. The summed E-state index contributed by atoms with van der Waals surface area (Å²) in [5, 5.41) is 0. The Morgan fingerprint density at radius 1 is 1.05 bits per heavy atom. The van der Waals surface area contributed by atoms with Crippen molar-refractivity contribution >= 4 is 11.9 Å². The van der Waals surface area contributed by atoms with Gasteiger partial charge in [0.05, 0.1) is 19.9 Å². The molecule has 4 heteroatoms. The zero-order valence-electron chi connectivity index (χ0n) is 12.6. The molecule has 0 amide bonds. The van der Waals surface area contributed by atoms with Gasteiger partial charge in [-0.3, -0.25) is 4.99 Å². The molecule has 0 aliphatic rings. The number of ether oxygens (including phenoxy) is 3. The summed E-state index contributed by atoms with van der Waals surface area (Å²) in [6.45, 7) is 0.204. The molecule has 0 atom stereocenters. The van der Waals surface area contributed by atoms with E-state index in [1.807, 2.05) is 42.5 Å². The molecule has 0 aliphatic heterocycles. The Hall–Kier alpha value is -2.93. The van der Waals surface area contributed by atoms with Crippen LogP contribution in [-0.2, 0) is 0 Å². The lowest BCUT2D eigenvalue weighted by atomic mass is 10.2. The molecule has 112 valence electrons. The third-order valence-corrected chi connectivity index (χ3v) is 2.93. The van der Waals surface area contributed by atoms with Crippen LogP contribution in [-0.4, -0.2) is 27.0 Å². The van der Waals surface area contributed by atoms with E-state index in [0.29, 0.717) is 11.5 Å². The first-order valence-electron chi connectivity index (χ1n) is 6.69. The van der Waals surface area contributed by atoms with Gasteiger partial charge in [-0.2, -0.15) is 0 Å². The maximum absolute atomic E-state index is 5.40. The topological polar surface area (TPSA) is 40.0 Å². The smallest absolute Gasteiger partial charge is 0.162 e. The van der Waals surface area contributed by atoms with Crippen molar-refractivity contribution in [1.29, 1.82) is 0 Å². The van der Waals surface area contributed by atoms with Gasteiger partial charge in [-0.1, -0.05) is 5.92 Å². The Bertz CT molecular complexity index is 684. The summed E-state index contributed by atoms with van der Waals surface area (Å²) in [6, 6.07) is 13.0. The Morgan fingerprint density at radius 3 is 2.45 bits per heavy atom. The van der Waals surface area contributed by atoms with E-state index < -0.39 is 0 Å². The zero-order valence-corrected chi connectivity index (χ0v) is 12.6. The summed E-state index contributed by atoms with van der Waals surface area (Å²) < 4.78 is 15.8. The van der Waals surface area contributed by atoms with Gasteiger partial charge in [0.25, 0.3) is 0 Å². The maximum Gasteiger partial charge on any atom is 0.162 e. The number of benzene rings is 2. The van der Waals surface area contributed by atoms with E-state index in [1.54, 1.807) is 20.4 Å². The average molecular weight is 295 g/mol. The Labute approximate surface area is 130 Å². The number of hydrogen-bond acceptors (Lipinski definition) is 4. The first-order chi connectivity index (χ1) is 10.8. The summed E-state index contributed by atoms with van der Waals surface area (Å²) in [7, 11) is 3.22. The molecule has 0 fully saturated rings. The summed E-state index contributed by atoms with van der Waals surface area (Å²) >= 11 is 0. The van der Waals surface area contributed by atoms with Crippen LogP contribution in [0.25, 0.3) is 0 Å². The molecule has 0 unspecified atom stereocenters. The van der Waals surface area contributed by atoms with Gasteiger partial charge in [-0.05, 0) is 48.0 Å². The summed E-state index contributed by atoms with van der Waals surface area (Å²) in [5.74, 6) is 4.46. The third-order valence-electron chi connectivity index (χ3n) is 2.93. The summed E-state index contributed by atoms with van der Waals surface area (Å²) in [4.78, 5) is 4.41. The Balaban J connectivity index is 2.14. The molecule has 4 nitrogen and oxygen atoms in total. The lowest BCUT2D eigenvalue weighted by Crippen LogP contribution is -1.97. The van der Waals surface area contributed by atoms with Crippen LogP contribution in [0, 0.1) is 12.3 Å². The molecule has 2 rings (SSSR count). The molecule has 0 aromatic heterocycles. The Morgan fingerprint density at radius 2 is 1.82 bits per heavy atom. The first kappa shape index (κ1) is 15.5. The van der Waals surface area contributed by atoms with E-state index in [9.17, 15) is 0 Å². The summed E-state index contributed by atoms with van der Waals surface area (Å²) in [6.07, 6.45) is 6.94.